The lowest BCUT2D eigenvalue weighted by Gasteiger charge is -2.08. The Labute approximate surface area is 120 Å². The van der Waals surface area contributed by atoms with E-state index in [0.717, 1.165) is 5.56 Å². The van der Waals surface area contributed by atoms with Gasteiger partial charge in [-0.2, -0.15) is 0 Å². The Balaban J connectivity index is 2.09. The zero-order chi connectivity index (χ0) is 13.1. The van der Waals surface area contributed by atoms with E-state index in [0.29, 0.717) is 21.2 Å². The first-order chi connectivity index (χ1) is 8.56. The molecular weight excluding hydrogens is 368 g/mol. The number of halogens is 4. The second-order valence-electron chi connectivity index (χ2n) is 3.73. The predicted octanol–water partition coefficient (Wildman–Crippen LogP) is 5.10. The molecule has 0 aliphatic rings. The van der Waals surface area contributed by atoms with Gasteiger partial charge in [0, 0.05) is 11.0 Å². The van der Waals surface area contributed by atoms with Gasteiger partial charge in [-0.25, -0.2) is 8.78 Å². The van der Waals surface area contributed by atoms with Gasteiger partial charge in [0.1, 0.15) is 11.6 Å². The van der Waals surface area contributed by atoms with Crippen LogP contribution in [0, 0.1) is 11.6 Å². The average molecular weight is 377 g/mol. The summed E-state index contributed by atoms with van der Waals surface area (Å²) in [4.78, 5) is 0. The van der Waals surface area contributed by atoms with Crippen molar-refractivity contribution in [1.82, 2.24) is 0 Å². The molecule has 0 saturated carbocycles. The standard InChI is InChI=1S/C13H9Br2F2N/c14-9-2-4-13(12(17)6-9)18-7-8-1-3-10(15)11(16)5-8/h1-6,18H,7H2. The average Bonchev–Trinajstić information content (AvgIpc) is 2.32. The number of nitrogens with one attached hydrogen (secondary N) is 1. The summed E-state index contributed by atoms with van der Waals surface area (Å²) < 4.78 is 27.9. The minimum atomic E-state index is -0.345. The van der Waals surface area contributed by atoms with Crippen LogP contribution in [0.2, 0.25) is 0 Å². The van der Waals surface area contributed by atoms with Crippen molar-refractivity contribution in [2.24, 2.45) is 0 Å². The lowest BCUT2D eigenvalue weighted by molar-refractivity contribution is 0.618. The third-order valence-corrected chi connectivity index (χ3v) is 3.53. The van der Waals surface area contributed by atoms with Gasteiger partial charge in [0.05, 0.1) is 10.2 Å². The Morgan fingerprint density at radius 3 is 2.39 bits per heavy atom. The molecule has 2 aromatic rings. The van der Waals surface area contributed by atoms with Crippen LogP contribution >= 0.6 is 31.9 Å². The van der Waals surface area contributed by atoms with Gasteiger partial charge in [0.2, 0.25) is 0 Å². The molecule has 0 aromatic heterocycles. The van der Waals surface area contributed by atoms with Gasteiger partial charge >= 0.3 is 0 Å². The maximum atomic E-state index is 13.5. The molecule has 0 unspecified atom stereocenters. The highest BCUT2D eigenvalue weighted by Gasteiger charge is 2.04. The first-order valence-corrected chi connectivity index (χ1v) is 6.78. The van der Waals surface area contributed by atoms with Crippen LogP contribution < -0.4 is 5.32 Å². The van der Waals surface area contributed by atoms with E-state index >= 15 is 0 Å². The summed E-state index contributed by atoms with van der Waals surface area (Å²) >= 11 is 6.27. The van der Waals surface area contributed by atoms with Gasteiger partial charge in [0.15, 0.2) is 0 Å². The number of hydrogen-bond acceptors (Lipinski definition) is 1. The van der Waals surface area contributed by atoms with Crippen LogP contribution in [0.15, 0.2) is 45.3 Å². The fraction of sp³-hybridized carbons (Fsp3) is 0.0769. The molecule has 0 spiro atoms. The molecule has 1 nitrogen and oxygen atoms in total. The largest absolute Gasteiger partial charge is 0.379 e. The molecule has 0 saturated heterocycles. The highest BCUT2D eigenvalue weighted by molar-refractivity contribution is 9.10. The van der Waals surface area contributed by atoms with Crippen molar-refractivity contribution in [1.29, 1.82) is 0 Å². The molecule has 0 amide bonds. The van der Waals surface area contributed by atoms with Crippen molar-refractivity contribution < 1.29 is 8.78 Å². The summed E-state index contributed by atoms with van der Waals surface area (Å²) in [6, 6.07) is 9.57. The molecule has 0 aliphatic carbocycles. The smallest absolute Gasteiger partial charge is 0.147 e. The molecule has 1 N–H and O–H groups in total. The zero-order valence-corrected chi connectivity index (χ0v) is 12.4. The number of hydrogen-bond donors (Lipinski definition) is 1. The molecule has 0 heterocycles. The van der Waals surface area contributed by atoms with Gasteiger partial charge in [0.25, 0.3) is 0 Å². The third-order valence-electron chi connectivity index (χ3n) is 2.40. The summed E-state index contributed by atoms with van der Waals surface area (Å²) in [6.07, 6.45) is 0. The lowest BCUT2D eigenvalue weighted by atomic mass is 10.2. The van der Waals surface area contributed by atoms with Gasteiger partial charge in [-0.05, 0) is 51.8 Å². The first-order valence-electron chi connectivity index (χ1n) is 5.19. The van der Waals surface area contributed by atoms with Crippen molar-refractivity contribution in [3.05, 3.63) is 62.5 Å². The quantitative estimate of drug-likeness (QED) is 0.785. The Bertz CT molecular complexity index is 573. The van der Waals surface area contributed by atoms with Crippen LogP contribution in [0.3, 0.4) is 0 Å². The molecule has 0 fully saturated rings. The highest BCUT2D eigenvalue weighted by atomic mass is 79.9. The Morgan fingerprint density at radius 1 is 0.944 bits per heavy atom. The summed E-state index contributed by atoms with van der Waals surface area (Å²) in [5, 5.41) is 2.93. The van der Waals surface area contributed by atoms with Gasteiger partial charge < -0.3 is 5.32 Å². The van der Waals surface area contributed by atoms with Gasteiger partial charge in [-0.1, -0.05) is 22.0 Å². The van der Waals surface area contributed by atoms with Crippen molar-refractivity contribution in [2.75, 3.05) is 5.32 Å². The fourth-order valence-corrected chi connectivity index (χ4v) is 2.06. The predicted molar refractivity (Wildman–Crippen MR) is 75.5 cm³/mol. The van der Waals surface area contributed by atoms with E-state index in [-0.39, 0.29) is 11.6 Å². The molecule has 2 aromatic carbocycles. The molecule has 18 heavy (non-hydrogen) atoms. The van der Waals surface area contributed by atoms with E-state index < -0.39 is 0 Å². The van der Waals surface area contributed by atoms with E-state index in [9.17, 15) is 8.78 Å². The van der Waals surface area contributed by atoms with Crippen LogP contribution in [0.1, 0.15) is 5.56 Å². The van der Waals surface area contributed by atoms with Gasteiger partial charge in [-0.3, -0.25) is 0 Å². The minimum absolute atomic E-state index is 0.328. The second kappa shape index (κ2) is 5.80. The van der Waals surface area contributed by atoms with Gasteiger partial charge in [-0.15, -0.1) is 0 Å². The molecule has 5 heteroatoms. The summed E-state index contributed by atoms with van der Waals surface area (Å²) in [5.41, 5.74) is 1.14. The Kier molecular flexibility index (Phi) is 4.35. The van der Waals surface area contributed by atoms with Crippen LogP contribution in [-0.2, 0) is 6.54 Å². The van der Waals surface area contributed by atoms with E-state index in [1.807, 2.05) is 0 Å². The fourth-order valence-electron chi connectivity index (χ4n) is 1.48. The number of rotatable bonds is 3. The number of benzene rings is 2. The first kappa shape index (κ1) is 13.5. The lowest BCUT2D eigenvalue weighted by Crippen LogP contribution is -2.01. The monoisotopic (exact) mass is 375 g/mol. The Morgan fingerprint density at radius 2 is 1.72 bits per heavy atom. The minimum Gasteiger partial charge on any atom is -0.379 e. The van der Waals surface area contributed by atoms with Crippen LogP contribution in [0.25, 0.3) is 0 Å². The van der Waals surface area contributed by atoms with Crippen molar-refractivity contribution in [2.45, 2.75) is 6.54 Å². The number of anilines is 1. The second-order valence-corrected chi connectivity index (χ2v) is 5.50. The molecular formula is C13H9Br2F2N. The summed E-state index contributed by atoms with van der Waals surface area (Å²) in [6.45, 7) is 0.364. The normalized spacial score (nSPS) is 10.4. The van der Waals surface area contributed by atoms with Crippen LogP contribution in [0.5, 0.6) is 0 Å². The van der Waals surface area contributed by atoms with Crippen LogP contribution in [-0.4, -0.2) is 0 Å². The van der Waals surface area contributed by atoms with E-state index in [1.54, 1.807) is 24.3 Å². The maximum absolute atomic E-state index is 13.5. The van der Waals surface area contributed by atoms with Crippen molar-refractivity contribution in [3.63, 3.8) is 0 Å². The topological polar surface area (TPSA) is 12.0 Å². The zero-order valence-electron chi connectivity index (χ0n) is 9.18. The molecule has 94 valence electrons. The van der Waals surface area contributed by atoms with E-state index in [2.05, 4.69) is 37.2 Å². The van der Waals surface area contributed by atoms with E-state index in [1.165, 1.54) is 12.1 Å². The molecule has 2 rings (SSSR count). The third kappa shape index (κ3) is 3.29. The molecule has 0 radical (unpaired) electrons. The van der Waals surface area contributed by atoms with Crippen molar-refractivity contribution in [3.8, 4) is 0 Å². The summed E-state index contributed by atoms with van der Waals surface area (Å²) in [5.74, 6) is -0.674. The summed E-state index contributed by atoms with van der Waals surface area (Å²) in [7, 11) is 0. The van der Waals surface area contributed by atoms with E-state index in [4.69, 9.17) is 0 Å². The molecule has 0 bridgehead atoms. The molecule has 0 atom stereocenters. The van der Waals surface area contributed by atoms with Crippen molar-refractivity contribution >= 4 is 37.5 Å². The molecule has 0 aliphatic heterocycles. The van der Waals surface area contributed by atoms with Crippen LogP contribution in [0.4, 0.5) is 14.5 Å². The maximum Gasteiger partial charge on any atom is 0.147 e. The SMILES string of the molecule is Fc1cc(CNc2ccc(Br)cc2F)ccc1Br. The Hall–Kier alpha value is -0.940. The highest BCUT2D eigenvalue weighted by Crippen LogP contribution is 2.21.